The van der Waals surface area contributed by atoms with Gasteiger partial charge in [-0.3, -0.25) is 10.1 Å². The van der Waals surface area contributed by atoms with Crippen molar-refractivity contribution < 1.29 is 4.92 Å². The Kier molecular flexibility index (Phi) is 6.56. The SMILES string of the molecule is CCNCC(=Cc1ccc(C(C)C)c([N+](=O)[O-])c1)C(C)C. The van der Waals surface area contributed by atoms with Crippen molar-refractivity contribution in [1.29, 1.82) is 0 Å². The summed E-state index contributed by atoms with van der Waals surface area (Å²) in [5.41, 5.74) is 3.15. The first-order valence-electron chi connectivity index (χ1n) is 7.56. The third-order valence-corrected chi connectivity index (χ3v) is 3.55. The first-order valence-corrected chi connectivity index (χ1v) is 7.56. The number of rotatable bonds is 7. The highest BCUT2D eigenvalue weighted by Gasteiger charge is 2.16. The zero-order chi connectivity index (χ0) is 16.0. The second-order valence-corrected chi connectivity index (χ2v) is 5.88. The van der Waals surface area contributed by atoms with Crippen LogP contribution in [0, 0.1) is 16.0 Å². The van der Waals surface area contributed by atoms with Crippen molar-refractivity contribution in [1.82, 2.24) is 5.32 Å². The molecule has 1 N–H and O–H groups in total. The van der Waals surface area contributed by atoms with E-state index in [-0.39, 0.29) is 16.5 Å². The maximum Gasteiger partial charge on any atom is 0.273 e. The lowest BCUT2D eigenvalue weighted by atomic mass is 9.96. The van der Waals surface area contributed by atoms with Gasteiger partial charge < -0.3 is 5.32 Å². The van der Waals surface area contributed by atoms with Gasteiger partial charge in [0.15, 0.2) is 0 Å². The second kappa shape index (κ2) is 7.93. The van der Waals surface area contributed by atoms with E-state index in [1.54, 1.807) is 6.07 Å². The van der Waals surface area contributed by atoms with Crippen LogP contribution in [0.5, 0.6) is 0 Å². The highest BCUT2D eigenvalue weighted by molar-refractivity contribution is 5.59. The second-order valence-electron chi connectivity index (χ2n) is 5.88. The van der Waals surface area contributed by atoms with E-state index in [1.807, 2.05) is 26.0 Å². The molecule has 0 heterocycles. The first-order chi connectivity index (χ1) is 9.86. The van der Waals surface area contributed by atoms with Crippen molar-refractivity contribution in [3.63, 3.8) is 0 Å². The van der Waals surface area contributed by atoms with Crippen LogP contribution in [0.15, 0.2) is 23.8 Å². The number of nitrogens with zero attached hydrogens (tertiary/aromatic N) is 1. The standard InChI is InChI=1S/C17H26N2O2/c1-6-18-11-15(12(2)3)9-14-7-8-16(13(4)5)17(10-14)19(20)21/h7-10,12-13,18H,6,11H2,1-5H3. The molecule has 0 aromatic heterocycles. The Morgan fingerprint density at radius 2 is 2.00 bits per heavy atom. The zero-order valence-corrected chi connectivity index (χ0v) is 13.6. The third-order valence-electron chi connectivity index (χ3n) is 3.55. The molecule has 1 aromatic rings. The van der Waals surface area contributed by atoms with E-state index in [4.69, 9.17) is 0 Å². The Bertz CT molecular complexity index is 520. The van der Waals surface area contributed by atoms with Crippen molar-refractivity contribution >= 4 is 11.8 Å². The van der Waals surface area contributed by atoms with Crippen molar-refractivity contribution in [2.45, 2.75) is 40.5 Å². The van der Waals surface area contributed by atoms with Crippen LogP contribution in [0.2, 0.25) is 0 Å². The molecule has 4 nitrogen and oxygen atoms in total. The van der Waals surface area contributed by atoms with Crippen LogP contribution in [0.1, 0.15) is 51.7 Å². The van der Waals surface area contributed by atoms with Gasteiger partial charge in [-0.1, -0.05) is 58.4 Å². The molecular formula is C17H26N2O2. The van der Waals surface area contributed by atoms with E-state index in [2.05, 4.69) is 32.2 Å². The fraction of sp³-hybridized carbons (Fsp3) is 0.529. The Morgan fingerprint density at radius 3 is 2.48 bits per heavy atom. The zero-order valence-electron chi connectivity index (χ0n) is 13.6. The Labute approximate surface area is 127 Å². The fourth-order valence-corrected chi connectivity index (χ4v) is 2.20. The Hall–Kier alpha value is -1.68. The van der Waals surface area contributed by atoms with Gasteiger partial charge in [-0.2, -0.15) is 0 Å². The van der Waals surface area contributed by atoms with Gasteiger partial charge in [0.05, 0.1) is 4.92 Å². The van der Waals surface area contributed by atoms with Crippen LogP contribution in [-0.4, -0.2) is 18.0 Å². The molecule has 0 bridgehead atoms. The van der Waals surface area contributed by atoms with Crippen LogP contribution in [0.3, 0.4) is 0 Å². The van der Waals surface area contributed by atoms with Crippen molar-refractivity contribution in [3.05, 3.63) is 45.0 Å². The fourth-order valence-electron chi connectivity index (χ4n) is 2.20. The number of nitro groups is 1. The van der Waals surface area contributed by atoms with Gasteiger partial charge in [0.1, 0.15) is 0 Å². The molecule has 0 radical (unpaired) electrons. The molecule has 1 rings (SSSR count). The van der Waals surface area contributed by atoms with Gasteiger partial charge in [0.25, 0.3) is 5.69 Å². The van der Waals surface area contributed by atoms with E-state index in [1.165, 1.54) is 5.57 Å². The highest BCUT2D eigenvalue weighted by Crippen LogP contribution is 2.28. The quantitative estimate of drug-likeness (QED) is 0.599. The summed E-state index contributed by atoms with van der Waals surface area (Å²) < 4.78 is 0. The predicted octanol–water partition coefficient (Wildman–Crippen LogP) is 4.37. The molecule has 0 unspecified atom stereocenters. The number of hydrogen-bond acceptors (Lipinski definition) is 3. The molecule has 0 aliphatic heterocycles. The topological polar surface area (TPSA) is 55.2 Å². The number of benzene rings is 1. The lowest BCUT2D eigenvalue weighted by molar-refractivity contribution is -0.385. The lowest BCUT2D eigenvalue weighted by Crippen LogP contribution is -2.18. The lowest BCUT2D eigenvalue weighted by Gasteiger charge is -2.13. The minimum absolute atomic E-state index is 0.148. The van der Waals surface area contributed by atoms with Crippen LogP contribution in [-0.2, 0) is 0 Å². The minimum atomic E-state index is -0.286. The maximum absolute atomic E-state index is 11.2. The molecule has 0 aliphatic carbocycles. The summed E-state index contributed by atoms with van der Waals surface area (Å²) in [6.07, 6.45) is 2.06. The molecule has 0 spiro atoms. The van der Waals surface area contributed by atoms with Crippen LogP contribution < -0.4 is 5.32 Å². The maximum atomic E-state index is 11.2. The molecule has 116 valence electrons. The summed E-state index contributed by atoms with van der Waals surface area (Å²) in [6.45, 7) is 12.0. The Balaban J connectivity index is 3.18. The summed E-state index contributed by atoms with van der Waals surface area (Å²) in [6, 6.07) is 5.53. The van der Waals surface area contributed by atoms with E-state index in [0.717, 1.165) is 24.2 Å². The minimum Gasteiger partial charge on any atom is -0.313 e. The van der Waals surface area contributed by atoms with Crippen molar-refractivity contribution in [2.24, 2.45) is 5.92 Å². The third kappa shape index (κ3) is 4.97. The number of nitro benzene ring substituents is 1. The molecule has 0 amide bonds. The van der Waals surface area contributed by atoms with Crippen molar-refractivity contribution in [2.75, 3.05) is 13.1 Å². The molecule has 21 heavy (non-hydrogen) atoms. The van der Waals surface area contributed by atoms with Crippen molar-refractivity contribution in [3.8, 4) is 0 Å². The molecule has 0 atom stereocenters. The van der Waals surface area contributed by atoms with Gasteiger partial charge in [-0.05, 0) is 23.9 Å². The molecule has 0 aliphatic rings. The molecule has 4 heteroatoms. The molecule has 0 saturated heterocycles. The first kappa shape index (κ1) is 17.4. The van der Waals surface area contributed by atoms with Gasteiger partial charge in [-0.15, -0.1) is 0 Å². The van der Waals surface area contributed by atoms with Gasteiger partial charge in [0.2, 0.25) is 0 Å². The normalized spacial score (nSPS) is 12.2. The van der Waals surface area contributed by atoms with Gasteiger partial charge in [0, 0.05) is 18.2 Å². The monoisotopic (exact) mass is 290 g/mol. The summed E-state index contributed by atoms with van der Waals surface area (Å²) in [5, 5.41) is 14.6. The largest absolute Gasteiger partial charge is 0.313 e. The van der Waals surface area contributed by atoms with Gasteiger partial charge >= 0.3 is 0 Å². The van der Waals surface area contributed by atoms with E-state index < -0.39 is 0 Å². The van der Waals surface area contributed by atoms with Crippen LogP contribution in [0.25, 0.3) is 6.08 Å². The van der Waals surface area contributed by atoms with Crippen LogP contribution >= 0.6 is 0 Å². The predicted molar refractivity (Wildman–Crippen MR) is 88.5 cm³/mol. The average molecular weight is 290 g/mol. The van der Waals surface area contributed by atoms with E-state index >= 15 is 0 Å². The highest BCUT2D eigenvalue weighted by atomic mass is 16.6. The number of nitrogens with one attached hydrogen (secondary N) is 1. The van der Waals surface area contributed by atoms with E-state index in [0.29, 0.717) is 5.92 Å². The Morgan fingerprint density at radius 1 is 1.33 bits per heavy atom. The van der Waals surface area contributed by atoms with Gasteiger partial charge in [-0.25, -0.2) is 0 Å². The number of hydrogen-bond donors (Lipinski definition) is 1. The summed E-state index contributed by atoms with van der Waals surface area (Å²) in [4.78, 5) is 11.0. The summed E-state index contributed by atoms with van der Waals surface area (Å²) in [7, 11) is 0. The average Bonchev–Trinajstić information content (AvgIpc) is 2.42. The summed E-state index contributed by atoms with van der Waals surface area (Å²) >= 11 is 0. The van der Waals surface area contributed by atoms with E-state index in [9.17, 15) is 10.1 Å². The molecular weight excluding hydrogens is 264 g/mol. The molecule has 0 fully saturated rings. The smallest absolute Gasteiger partial charge is 0.273 e. The summed E-state index contributed by atoms with van der Waals surface area (Å²) in [5.74, 6) is 0.558. The van der Waals surface area contributed by atoms with Crippen LogP contribution in [0.4, 0.5) is 5.69 Å². The molecule has 0 saturated carbocycles. The number of likely N-dealkylation sites (N-methyl/N-ethyl adjacent to an activating group) is 1. The molecule has 1 aromatic carbocycles.